The van der Waals surface area contributed by atoms with Gasteiger partial charge >= 0.3 is 17.9 Å². The molecule has 6 nitrogen and oxygen atoms in total. The summed E-state index contributed by atoms with van der Waals surface area (Å²) in [5.74, 6) is -0.698. The first-order valence-electron chi connectivity index (χ1n) is 6.35. The smallest absolute Gasteiger partial charge is 0.333 e. The Morgan fingerprint density at radius 2 is 1.71 bits per heavy atom. The number of carbonyl (C=O) groups is 3. The molecule has 7 heteroatoms. The van der Waals surface area contributed by atoms with Crippen LogP contribution in [0.5, 0.6) is 0 Å². The quantitative estimate of drug-likeness (QED) is 0.276. The predicted octanol–water partition coefficient (Wildman–Crippen LogP) is 1.58. The Labute approximate surface area is 129 Å². The van der Waals surface area contributed by atoms with Crippen LogP contribution in [0.25, 0.3) is 0 Å². The highest BCUT2D eigenvalue weighted by molar-refractivity contribution is 7.99. The largest absolute Gasteiger partial charge is 0.469 e. The summed E-state index contributed by atoms with van der Waals surface area (Å²) >= 11 is 1.28. The molecule has 120 valence electrons. The third-order valence-corrected chi connectivity index (χ3v) is 3.71. The molecule has 0 aliphatic heterocycles. The molecule has 0 saturated carbocycles. The lowest BCUT2D eigenvalue weighted by Gasteiger charge is -2.20. The topological polar surface area (TPSA) is 78.9 Å². The van der Waals surface area contributed by atoms with Crippen LogP contribution in [0.2, 0.25) is 0 Å². The van der Waals surface area contributed by atoms with Crippen LogP contribution in [0.1, 0.15) is 20.8 Å². The number of methoxy groups -OCH3 is 1. The predicted molar refractivity (Wildman–Crippen MR) is 79.9 cm³/mol. The van der Waals surface area contributed by atoms with Crippen LogP contribution < -0.4 is 0 Å². The van der Waals surface area contributed by atoms with Gasteiger partial charge in [-0.25, -0.2) is 4.79 Å². The fourth-order valence-corrected chi connectivity index (χ4v) is 2.16. The Balaban J connectivity index is 3.80. The summed E-state index contributed by atoms with van der Waals surface area (Å²) in [7, 11) is 1.33. The van der Waals surface area contributed by atoms with E-state index in [2.05, 4.69) is 11.3 Å². The van der Waals surface area contributed by atoms with Crippen molar-refractivity contribution >= 4 is 29.7 Å². The van der Waals surface area contributed by atoms with Crippen molar-refractivity contribution in [3.8, 4) is 0 Å². The van der Waals surface area contributed by atoms with E-state index in [-0.39, 0.29) is 24.9 Å². The number of hydrogen-bond donors (Lipinski definition) is 0. The van der Waals surface area contributed by atoms with Gasteiger partial charge in [0.15, 0.2) is 0 Å². The summed E-state index contributed by atoms with van der Waals surface area (Å²) < 4.78 is 14.3. The van der Waals surface area contributed by atoms with Crippen molar-refractivity contribution in [1.29, 1.82) is 0 Å². The molecule has 0 saturated heterocycles. The molecule has 0 N–H and O–H groups in total. The van der Waals surface area contributed by atoms with E-state index in [9.17, 15) is 14.4 Å². The van der Waals surface area contributed by atoms with Crippen LogP contribution in [-0.2, 0) is 28.6 Å². The van der Waals surface area contributed by atoms with Gasteiger partial charge in [-0.15, -0.1) is 11.8 Å². The summed E-state index contributed by atoms with van der Waals surface area (Å²) in [6, 6.07) is 0. The monoisotopic (exact) mass is 318 g/mol. The van der Waals surface area contributed by atoms with Crippen LogP contribution in [-0.4, -0.2) is 49.7 Å². The minimum absolute atomic E-state index is 0.00118. The van der Waals surface area contributed by atoms with Crippen molar-refractivity contribution in [2.45, 2.75) is 20.8 Å². The molecule has 21 heavy (non-hydrogen) atoms. The van der Waals surface area contributed by atoms with Crippen LogP contribution in [0.3, 0.4) is 0 Å². The highest BCUT2D eigenvalue weighted by atomic mass is 32.2. The minimum atomic E-state index is -0.656. The van der Waals surface area contributed by atoms with E-state index in [0.717, 1.165) is 0 Å². The zero-order valence-corrected chi connectivity index (χ0v) is 13.7. The molecule has 0 aliphatic rings. The van der Waals surface area contributed by atoms with Crippen LogP contribution in [0.15, 0.2) is 12.2 Å². The first kappa shape index (κ1) is 19.5. The van der Waals surface area contributed by atoms with Crippen molar-refractivity contribution in [1.82, 2.24) is 0 Å². The lowest BCUT2D eigenvalue weighted by Crippen LogP contribution is -2.28. The molecule has 0 rings (SSSR count). The number of thioether (sulfide) groups is 1. The second-order valence-electron chi connectivity index (χ2n) is 5.00. The van der Waals surface area contributed by atoms with Crippen LogP contribution in [0, 0.1) is 5.41 Å². The van der Waals surface area contributed by atoms with E-state index in [1.54, 1.807) is 13.8 Å². The molecule has 0 aliphatic carbocycles. The summed E-state index contributed by atoms with van der Waals surface area (Å²) in [6.45, 7) is 8.45. The maximum atomic E-state index is 11.4. The number of ether oxygens (including phenoxy) is 3. The minimum Gasteiger partial charge on any atom is -0.469 e. The number of carbonyl (C=O) groups excluding carboxylic acids is 3. The number of esters is 3. The highest BCUT2D eigenvalue weighted by Gasteiger charge is 2.28. The lowest BCUT2D eigenvalue weighted by atomic mass is 9.97. The second kappa shape index (κ2) is 9.44. The Kier molecular flexibility index (Phi) is 8.76. The van der Waals surface area contributed by atoms with E-state index in [0.29, 0.717) is 11.3 Å². The molecular weight excluding hydrogens is 296 g/mol. The summed E-state index contributed by atoms with van der Waals surface area (Å²) in [6.07, 6.45) is 0. The van der Waals surface area contributed by atoms with E-state index >= 15 is 0 Å². The molecular formula is C14H22O6S. The van der Waals surface area contributed by atoms with Crippen molar-refractivity contribution in [3.05, 3.63) is 12.2 Å². The number of hydrogen-bond acceptors (Lipinski definition) is 7. The summed E-state index contributed by atoms with van der Waals surface area (Å²) in [5, 5.41) is 0. The van der Waals surface area contributed by atoms with E-state index < -0.39 is 17.4 Å². The van der Waals surface area contributed by atoms with Gasteiger partial charge in [-0.1, -0.05) is 6.58 Å². The lowest BCUT2D eigenvalue weighted by molar-refractivity contribution is -0.149. The van der Waals surface area contributed by atoms with Crippen molar-refractivity contribution < 1.29 is 28.6 Å². The van der Waals surface area contributed by atoms with E-state index in [4.69, 9.17) is 9.47 Å². The Bertz CT molecular complexity index is 402. The van der Waals surface area contributed by atoms with E-state index in [1.807, 2.05) is 0 Å². The van der Waals surface area contributed by atoms with Crippen LogP contribution >= 0.6 is 11.8 Å². The molecule has 0 unspecified atom stereocenters. The SMILES string of the molecule is C=C(C)C(=O)OCCOC(=O)CSCC(C)(C)C(=O)OC. The number of rotatable bonds is 9. The van der Waals surface area contributed by atoms with Crippen molar-refractivity contribution in [2.24, 2.45) is 5.41 Å². The van der Waals surface area contributed by atoms with Gasteiger partial charge in [-0.05, 0) is 20.8 Å². The molecule has 0 atom stereocenters. The molecule has 0 spiro atoms. The summed E-state index contributed by atoms with van der Waals surface area (Å²) in [5.41, 5.74) is -0.363. The maximum Gasteiger partial charge on any atom is 0.333 e. The van der Waals surface area contributed by atoms with Gasteiger partial charge in [0.25, 0.3) is 0 Å². The fourth-order valence-electron chi connectivity index (χ4n) is 1.18. The van der Waals surface area contributed by atoms with Gasteiger partial charge in [0.1, 0.15) is 13.2 Å². The third-order valence-electron chi connectivity index (χ3n) is 2.35. The molecule has 0 aromatic carbocycles. The fraction of sp³-hybridized carbons (Fsp3) is 0.643. The zero-order valence-electron chi connectivity index (χ0n) is 12.9. The van der Waals surface area contributed by atoms with Crippen molar-refractivity contribution in [3.63, 3.8) is 0 Å². The van der Waals surface area contributed by atoms with Gasteiger partial charge in [0.05, 0.1) is 18.3 Å². The Morgan fingerprint density at radius 3 is 2.24 bits per heavy atom. The molecule has 0 fully saturated rings. The molecule has 0 aromatic rings. The van der Waals surface area contributed by atoms with Crippen molar-refractivity contribution in [2.75, 3.05) is 31.8 Å². The van der Waals surface area contributed by atoms with Gasteiger partial charge < -0.3 is 14.2 Å². The average molecular weight is 318 g/mol. The zero-order chi connectivity index (χ0) is 16.5. The molecule has 0 bridgehead atoms. The molecule has 0 aromatic heterocycles. The normalized spacial score (nSPS) is 10.7. The van der Waals surface area contributed by atoms with Gasteiger partial charge in [0, 0.05) is 11.3 Å². The molecule has 0 radical (unpaired) electrons. The molecule has 0 heterocycles. The Morgan fingerprint density at radius 1 is 1.14 bits per heavy atom. The molecule has 0 amide bonds. The Hall–Kier alpha value is -1.50. The van der Waals surface area contributed by atoms with Gasteiger partial charge in [-0.2, -0.15) is 0 Å². The van der Waals surface area contributed by atoms with Gasteiger partial charge in [0.2, 0.25) is 0 Å². The van der Waals surface area contributed by atoms with Crippen LogP contribution in [0.4, 0.5) is 0 Å². The standard InChI is InChI=1S/C14H22O6S/c1-10(2)12(16)20-7-6-19-11(15)8-21-9-14(3,4)13(17)18-5/h1,6-9H2,2-5H3. The van der Waals surface area contributed by atoms with Gasteiger partial charge in [-0.3, -0.25) is 9.59 Å². The van der Waals surface area contributed by atoms with E-state index in [1.165, 1.54) is 25.8 Å². The summed E-state index contributed by atoms with van der Waals surface area (Å²) in [4.78, 5) is 33.9. The first-order chi connectivity index (χ1) is 9.70. The second-order valence-corrected chi connectivity index (χ2v) is 5.99. The highest BCUT2D eigenvalue weighted by Crippen LogP contribution is 2.23. The average Bonchev–Trinajstić information content (AvgIpc) is 2.41. The third kappa shape index (κ3) is 8.39. The first-order valence-corrected chi connectivity index (χ1v) is 7.50. The maximum absolute atomic E-state index is 11.4.